The lowest BCUT2D eigenvalue weighted by Crippen LogP contribution is -2.46. The van der Waals surface area contributed by atoms with Gasteiger partial charge in [0.05, 0.1) is 10.8 Å². The Balaban J connectivity index is 1.31. The van der Waals surface area contributed by atoms with Crippen LogP contribution in [0.4, 0.5) is 11.4 Å². The number of nitrogens with zero attached hydrogens (tertiary/aromatic N) is 5. The van der Waals surface area contributed by atoms with Crippen LogP contribution in [0.25, 0.3) is 11.4 Å². The third-order valence-corrected chi connectivity index (χ3v) is 6.72. The normalized spacial score (nSPS) is 14.5. The summed E-state index contributed by atoms with van der Waals surface area (Å²) in [5, 5.41) is 12.1. The largest absolute Gasteiger partial charge is 0.369 e. The summed E-state index contributed by atoms with van der Waals surface area (Å²) in [6.07, 6.45) is 0. The number of piperazine rings is 1. The van der Waals surface area contributed by atoms with Crippen LogP contribution in [0.3, 0.4) is 0 Å². The number of likely N-dealkylation sites (N-methyl/N-ethyl adjacent to an activating group) is 1. The van der Waals surface area contributed by atoms with E-state index in [1.54, 1.807) is 6.07 Å². The minimum Gasteiger partial charge on any atom is -0.369 e. The molecule has 2 aromatic carbocycles. The standard InChI is InChI=1S/C22H26ClN7OS/c1-2-28-11-13-29(14-12-28)17-9-7-16(8-10-17)25-20(31)15-32-22-27-26-21(30(22)24)18-5-3-4-6-19(18)23/h3-10H,2,11-15,24H2,1H3,(H,25,31). The molecule has 8 nitrogen and oxygen atoms in total. The van der Waals surface area contributed by atoms with Gasteiger partial charge in [-0.05, 0) is 42.9 Å². The number of nitrogens with one attached hydrogen (secondary N) is 1. The summed E-state index contributed by atoms with van der Waals surface area (Å²) in [6, 6.07) is 15.3. The Morgan fingerprint density at radius 2 is 1.81 bits per heavy atom. The molecule has 2 heterocycles. The first-order valence-electron chi connectivity index (χ1n) is 10.5. The number of anilines is 2. The molecule has 0 unspecified atom stereocenters. The molecule has 0 saturated carbocycles. The van der Waals surface area contributed by atoms with Gasteiger partial charge in [-0.2, -0.15) is 0 Å². The van der Waals surface area contributed by atoms with Crippen molar-refractivity contribution in [3.05, 3.63) is 53.6 Å². The maximum atomic E-state index is 12.4. The first kappa shape index (κ1) is 22.4. The van der Waals surface area contributed by atoms with Crippen molar-refractivity contribution in [1.29, 1.82) is 0 Å². The van der Waals surface area contributed by atoms with E-state index in [-0.39, 0.29) is 11.7 Å². The highest BCUT2D eigenvalue weighted by atomic mass is 35.5. The van der Waals surface area contributed by atoms with Crippen molar-refractivity contribution < 1.29 is 4.79 Å². The summed E-state index contributed by atoms with van der Waals surface area (Å²) >= 11 is 7.44. The zero-order chi connectivity index (χ0) is 22.5. The van der Waals surface area contributed by atoms with E-state index in [1.807, 2.05) is 30.3 Å². The fourth-order valence-corrected chi connectivity index (χ4v) is 4.48. The van der Waals surface area contributed by atoms with Crippen LogP contribution >= 0.6 is 23.4 Å². The van der Waals surface area contributed by atoms with Crippen LogP contribution in [0.5, 0.6) is 0 Å². The zero-order valence-corrected chi connectivity index (χ0v) is 19.4. The number of carbonyl (C=O) groups is 1. The predicted octanol–water partition coefficient (Wildman–Crippen LogP) is 3.19. The lowest BCUT2D eigenvalue weighted by molar-refractivity contribution is -0.113. The molecule has 10 heteroatoms. The Morgan fingerprint density at radius 1 is 1.09 bits per heavy atom. The highest BCUT2D eigenvalue weighted by Crippen LogP contribution is 2.27. The predicted molar refractivity (Wildman–Crippen MR) is 131 cm³/mol. The van der Waals surface area contributed by atoms with Crippen LogP contribution in [0.15, 0.2) is 53.7 Å². The average Bonchev–Trinajstić information content (AvgIpc) is 3.18. The van der Waals surface area contributed by atoms with Crippen molar-refractivity contribution in [2.24, 2.45) is 0 Å². The lowest BCUT2D eigenvalue weighted by atomic mass is 10.2. The molecule has 0 radical (unpaired) electrons. The van der Waals surface area contributed by atoms with E-state index >= 15 is 0 Å². The van der Waals surface area contributed by atoms with Gasteiger partial charge in [0.25, 0.3) is 0 Å². The fourth-order valence-electron chi connectivity index (χ4n) is 3.61. The first-order chi connectivity index (χ1) is 15.5. The highest BCUT2D eigenvalue weighted by molar-refractivity contribution is 7.99. The van der Waals surface area contributed by atoms with Crippen molar-refractivity contribution in [1.82, 2.24) is 19.8 Å². The number of halogens is 1. The third kappa shape index (κ3) is 5.17. The van der Waals surface area contributed by atoms with Crippen molar-refractivity contribution in [2.75, 3.05) is 54.5 Å². The summed E-state index contributed by atoms with van der Waals surface area (Å²) in [5.41, 5.74) is 2.63. The molecule has 0 spiro atoms. The van der Waals surface area contributed by atoms with Gasteiger partial charge in [0.2, 0.25) is 11.1 Å². The quantitative estimate of drug-likeness (QED) is 0.404. The zero-order valence-electron chi connectivity index (χ0n) is 17.9. The topological polar surface area (TPSA) is 92.3 Å². The molecular formula is C22H26ClN7OS. The van der Waals surface area contributed by atoms with Gasteiger partial charge in [-0.25, -0.2) is 4.68 Å². The Kier molecular flexibility index (Phi) is 7.19. The van der Waals surface area contributed by atoms with Crippen LogP contribution in [0.2, 0.25) is 5.02 Å². The molecule has 1 fully saturated rings. The lowest BCUT2D eigenvalue weighted by Gasteiger charge is -2.35. The number of nitrogen functional groups attached to an aromatic ring is 1. The van der Waals surface area contributed by atoms with E-state index in [0.717, 1.165) is 38.4 Å². The summed E-state index contributed by atoms with van der Waals surface area (Å²) < 4.78 is 1.35. The Bertz CT molecular complexity index is 1060. The number of nitrogens with two attached hydrogens (primary N) is 1. The van der Waals surface area contributed by atoms with Gasteiger partial charge in [-0.3, -0.25) is 4.79 Å². The van der Waals surface area contributed by atoms with E-state index in [0.29, 0.717) is 21.6 Å². The number of amides is 1. The molecule has 1 amide bonds. The second-order valence-electron chi connectivity index (χ2n) is 7.46. The van der Waals surface area contributed by atoms with Crippen LogP contribution in [-0.2, 0) is 4.79 Å². The summed E-state index contributed by atoms with van der Waals surface area (Å²) in [4.78, 5) is 17.2. The van der Waals surface area contributed by atoms with Gasteiger partial charge in [0.15, 0.2) is 5.82 Å². The Hall–Kier alpha value is -2.75. The first-order valence-corrected chi connectivity index (χ1v) is 11.9. The highest BCUT2D eigenvalue weighted by Gasteiger charge is 2.17. The summed E-state index contributed by atoms with van der Waals surface area (Å²) in [5.74, 6) is 6.60. The van der Waals surface area contributed by atoms with E-state index < -0.39 is 0 Å². The van der Waals surface area contributed by atoms with Crippen molar-refractivity contribution in [2.45, 2.75) is 12.1 Å². The summed E-state index contributed by atoms with van der Waals surface area (Å²) in [6.45, 7) is 7.49. The van der Waals surface area contributed by atoms with E-state index in [9.17, 15) is 4.79 Å². The van der Waals surface area contributed by atoms with Crippen LogP contribution < -0.4 is 16.1 Å². The molecular weight excluding hydrogens is 446 g/mol. The summed E-state index contributed by atoms with van der Waals surface area (Å²) in [7, 11) is 0. The molecule has 32 heavy (non-hydrogen) atoms. The van der Waals surface area contributed by atoms with Gasteiger partial charge in [0.1, 0.15) is 0 Å². The van der Waals surface area contributed by atoms with Gasteiger partial charge in [-0.1, -0.05) is 42.4 Å². The average molecular weight is 472 g/mol. The van der Waals surface area contributed by atoms with Gasteiger partial charge < -0.3 is 21.0 Å². The molecule has 168 valence electrons. The SMILES string of the molecule is CCN1CCN(c2ccc(NC(=O)CSc3nnc(-c4ccccc4Cl)n3N)cc2)CC1. The number of rotatable bonds is 7. The molecule has 4 rings (SSSR count). The number of carbonyl (C=O) groups excluding carboxylic acids is 1. The second-order valence-corrected chi connectivity index (χ2v) is 8.81. The maximum absolute atomic E-state index is 12.4. The molecule has 0 atom stereocenters. The molecule has 3 aromatic rings. The van der Waals surface area contributed by atoms with Crippen molar-refractivity contribution >= 4 is 40.6 Å². The number of benzene rings is 2. The molecule has 1 aromatic heterocycles. The smallest absolute Gasteiger partial charge is 0.234 e. The van der Waals surface area contributed by atoms with Crippen molar-refractivity contribution in [3.63, 3.8) is 0 Å². The van der Waals surface area contributed by atoms with Crippen LogP contribution in [-0.4, -0.2) is 64.2 Å². The second kappa shape index (κ2) is 10.2. The van der Waals surface area contributed by atoms with Crippen LogP contribution in [0.1, 0.15) is 6.92 Å². The van der Waals surface area contributed by atoms with Gasteiger partial charge in [-0.15, -0.1) is 10.2 Å². The number of hydrogen-bond acceptors (Lipinski definition) is 7. The van der Waals surface area contributed by atoms with E-state index in [4.69, 9.17) is 17.4 Å². The number of thioether (sulfide) groups is 1. The monoisotopic (exact) mass is 471 g/mol. The van der Waals surface area contributed by atoms with Crippen molar-refractivity contribution in [3.8, 4) is 11.4 Å². The molecule has 0 aliphatic carbocycles. The minimum atomic E-state index is -0.137. The molecule has 1 saturated heterocycles. The Morgan fingerprint density at radius 3 is 2.50 bits per heavy atom. The third-order valence-electron chi connectivity index (χ3n) is 5.45. The Labute approximate surface area is 196 Å². The molecule has 1 aliphatic heterocycles. The van der Waals surface area contributed by atoms with Gasteiger partial charge in [0, 0.05) is 43.1 Å². The van der Waals surface area contributed by atoms with Gasteiger partial charge >= 0.3 is 0 Å². The van der Waals surface area contributed by atoms with E-state index in [2.05, 4.69) is 44.4 Å². The molecule has 0 bridgehead atoms. The van der Waals surface area contributed by atoms with Crippen LogP contribution in [0, 0.1) is 0 Å². The number of aromatic nitrogens is 3. The van der Waals surface area contributed by atoms with E-state index in [1.165, 1.54) is 22.1 Å². The minimum absolute atomic E-state index is 0.137. The fraction of sp³-hybridized carbons (Fsp3) is 0.318. The number of hydrogen-bond donors (Lipinski definition) is 2. The molecule has 1 aliphatic rings. The molecule has 3 N–H and O–H groups in total. The maximum Gasteiger partial charge on any atom is 0.234 e.